The highest BCUT2D eigenvalue weighted by Crippen LogP contribution is 2.30. The molecule has 13 heavy (non-hydrogen) atoms. The second kappa shape index (κ2) is 2.74. The first-order chi connectivity index (χ1) is 6.09. The molecule has 0 saturated carbocycles. The first-order valence-electron chi connectivity index (χ1n) is 3.72. The van der Waals surface area contributed by atoms with Crippen molar-refractivity contribution >= 4 is 23.1 Å². The van der Waals surface area contributed by atoms with Crippen LogP contribution in [0, 0.1) is 0 Å². The van der Waals surface area contributed by atoms with Crippen LogP contribution in [0.1, 0.15) is 6.42 Å². The molecule has 0 aromatic rings. The van der Waals surface area contributed by atoms with E-state index in [9.17, 15) is 14.1 Å². The van der Waals surface area contributed by atoms with Gasteiger partial charge >= 0.3 is 5.97 Å². The number of carbonyl (C=O) groups excluding carboxylic acids is 1. The summed E-state index contributed by atoms with van der Waals surface area (Å²) < 4.78 is 11.3. The summed E-state index contributed by atoms with van der Waals surface area (Å²) in [5.41, 5.74) is 0.0441. The Balaban J connectivity index is 2.24. The van der Waals surface area contributed by atoms with Gasteiger partial charge in [-0.15, -0.1) is 0 Å². The van der Waals surface area contributed by atoms with Crippen LogP contribution >= 0.6 is 0 Å². The van der Waals surface area contributed by atoms with Crippen molar-refractivity contribution in [1.29, 1.82) is 0 Å². The SMILES string of the molecule is O=C(O)C1=CN2C(=O)C[C@H]2[S+]([O-])C1. The molecular formula is C7H7NO4S. The quantitative estimate of drug-likeness (QED) is 0.448. The molecule has 1 saturated heterocycles. The zero-order valence-corrected chi connectivity index (χ0v) is 7.41. The number of carboxylic acids is 1. The Kier molecular flexibility index (Phi) is 1.81. The van der Waals surface area contributed by atoms with Crippen LogP contribution in [-0.2, 0) is 20.8 Å². The van der Waals surface area contributed by atoms with Crippen molar-refractivity contribution in [2.45, 2.75) is 11.8 Å². The van der Waals surface area contributed by atoms with Gasteiger partial charge in [-0.1, -0.05) is 0 Å². The van der Waals surface area contributed by atoms with Crippen LogP contribution in [0.15, 0.2) is 11.8 Å². The van der Waals surface area contributed by atoms with Gasteiger partial charge in [-0.05, 0) is 11.2 Å². The van der Waals surface area contributed by atoms with E-state index in [0.717, 1.165) is 0 Å². The molecule has 2 aliphatic rings. The van der Waals surface area contributed by atoms with Crippen LogP contribution in [0.2, 0.25) is 0 Å². The Morgan fingerprint density at radius 1 is 1.77 bits per heavy atom. The summed E-state index contributed by atoms with van der Waals surface area (Å²) in [4.78, 5) is 22.7. The predicted molar refractivity (Wildman–Crippen MR) is 44.0 cm³/mol. The lowest BCUT2D eigenvalue weighted by molar-refractivity contribution is -0.138. The Hall–Kier alpha value is -1.01. The summed E-state index contributed by atoms with van der Waals surface area (Å²) in [6, 6.07) is 0. The third-order valence-electron chi connectivity index (χ3n) is 2.12. The fourth-order valence-corrected chi connectivity index (χ4v) is 2.80. The minimum atomic E-state index is -1.24. The molecule has 0 bridgehead atoms. The second-order valence-electron chi connectivity index (χ2n) is 2.94. The molecule has 0 radical (unpaired) electrons. The average Bonchev–Trinajstić information content (AvgIpc) is 2.06. The number of amides is 1. The first-order valence-corrected chi connectivity index (χ1v) is 5.10. The molecule has 1 unspecified atom stereocenters. The molecule has 2 atom stereocenters. The summed E-state index contributed by atoms with van der Waals surface area (Å²) in [6.07, 6.45) is 1.57. The number of aliphatic carboxylic acids is 1. The second-order valence-corrected chi connectivity index (χ2v) is 4.54. The molecule has 70 valence electrons. The molecule has 1 fully saturated rings. The zero-order chi connectivity index (χ0) is 9.59. The summed E-state index contributed by atoms with van der Waals surface area (Å²) in [6.45, 7) is 0. The number of rotatable bonds is 1. The molecule has 0 aliphatic carbocycles. The molecule has 0 aromatic heterocycles. The Bertz CT molecular complexity index is 314. The third kappa shape index (κ3) is 1.22. The summed E-state index contributed by atoms with van der Waals surface area (Å²) in [7, 11) is 0. The van der Waals surface area contributed by atoms with Gasteiger partial charge in [0.25, 0.3) is 0 Å². The van der Waals surface area contributed by atoms with Crippen molar-refractivity contribution in [2.24, 2.45) is 0 Å². The minimum Gasteiger partial charge on any atom is -0.614 e. The Morgan fingerprint density at radius 2 is 2.46 bits per heavy atom. The van der Waals surface area contributed by atoms with E-state index < -0.39 is 17.1 Å². The van der Waals surface area contributed by atoms with Crippen LogP contribution in [0.4, 0.5) is 0 Å². The van der Waals surface area contributed by atoms with Crippen LogP contribution in [-0.4, -0.2) is 37.6 Å². The van der Waals surface area contributed by atoms with E-state index in [1.165, 1.54) is 11.1 Å². The van der Waals surface area contributed by atoms with Gasteiger partial charge in [0.05, 0.1) is 6.42 Å². The maximum Gasteiger partial charge on any atom is 0.337 e. The van der Waals surface area contributed by atoms with Gasteiger partial charge in [-0.2, -0.15) is 0 Å². The van der Waals surface area contributed by atoms with E-state index in [2.05, 4.69) is 0 Å². The molecule has 2 rings (SSSR count). The van der Waals surface area contributed by atoms with E-state index in [-0.39, 0.29) is 29.0 Å². The maximum absolute atomic E-state index is 11.3. The highest BCUT2D eigenvalue weighted by Gasteiger charge is 2.47. The molecule has 1 amide bonds. The van der Waals surface area contributed by atoms with Crippen LogP contribution in [0.25, 0.3) is 0 Å². The molecule has 0 spiro atoms. The van der Waals surface area contributed by atoms with E-state index in [4.69, 9.17) is 5.11 Å². The number of fused-ring (bicyclic) bond motifs is 1. The van der Waals surface area contributed by atoms with Gasteiger partial charge in [0.2, 0.25) is 11.3 Å². The van der Waals surface area contributed by atoms with Crippen LogP contribution in [0.5, 0.6) is 0 Å². The summed E-state index contributed by atoms with van der Waals surface area (Å²) in [5, 5.41) is 8.35. The fraction of sp³-hybridized carbons (Fsp3) is 0.429. The first kappa shape index (κ1) is 8.58. The van der Waals surface area contributed by atoms with Gasteiger partial charge in [-0.3, -0.25) is 9.69 Å². The topological polar surface area (TPSA) is 80.7 Å². The van der Waals surface area contributed by atoms with Crippen molar-refractivity contribution in [3.05, 3.63) is 11.8 Å². The monoisotopic (exact) mass is 201 g/mol. The molecule has 0 aromatic carbocycles. The number of nitrogens with zero attached hydrogens (tertiary/aromatic N) is 1. The number of hydrogen-bond acceptors (Lipinski definition) is 3. The number of carboxylic acid groups (broad SMARTS) is 1. The van der Waals surface area contributed by atoms with Crippen LogP contribution < -0.4 is 0 Å². The molecular weight excluding hydrogens is 194 g/mol. The van der Waals surface area contributed by atoms with Gasteiger partial charge in [-0.25, -0.2) is 4.79 Å². The van der Waals surface area contributed by atoms with Crippen molar-refractivity contribution in [1.82, 2.24) is 4.90 Å². The standard InChI is InChI=1S/C7H7NO4S/c9-5-1-6-8(5)2-4(7(10)11)3-13(6)12/h2,6H,1,3H2,(H,10,11)/t6-,13?/m1/s1. The Labute approximate surface area is 77.2 Å². The smallest absolute Gasteiger partial charge is 0.337 e. The molecule has 5 nitrogen and oxygen atoms in total. The Morgan fingerprint density at radius 3 is 3.00 bits per heavy atom. The maximum atomic E-state index is 11.3. The molecule has 2 heterocycles. The van der Waals surface area contributed by atoms with Crippen molar-refractivity contribution in [3.63, 3.8) is 0 Å². The van der Waals surface area contributed by atoms with Crippen molar-refractivity contribution in [3.8, 4) is 0 Å². The third-order valence-corrected chi connectivity index (χ3v) is 3.71. The lowest BCUT2D eigenvalue weighted by Crippen LogP contribution is -2.56. The van der Waals surface area contributed by atoms with Crippen molar-refractivity contribution in [2.75, 3.05) is 5.75 Å². The highest BCUT2D eigenvalue weighted by atomic mass is 32.2. The van der Waals surface area contributed by atoms with E-state index in [0.29, 0.717) is 0 Å². The number of β-lactam (4-membered cyclic amide) rings is 1. The molecule has 6 heteroatoms. The van der Waals surface area contributed by atoms with Crippen molar-refractivity contribution < 1.29 is 19.2 Å². The minimum absolute atomic E-state index is 0.0441. The fourth-order valence-electron chi connectivity index (χ4n) is 1.35. The van der Waals surface area contributed by atoms with E-state index in [1.54, 1.807) is 0 Å². The van der Waals surface area contributed by atoms with Gasteiger partial charge in [0, 0.05) is 6.20 Å². The number of carbonyl (C=O) groups is 2. The van der Waals surface area contributed by atoms with Gasteiger partial charge < -0.3 is 9.66 Å². The number of hydrogen-bond donors (Lipinski definition) is 1. The normalized spacial score (nSPS) is 31.9. The van der Waals surface area contributed by atoms with Crippen LogP contribution in [0.3, 0.4) is 0 Å². The van der Waals surface area contributed by atoms with E-state index >= 15 is 0 Å². The average molecular weight is 201 g/mol. The molecule has 2 aliphatic heterocycles. The summed E-state index contributed by atoms with van der Waals surface area (Å²) >= 11 is -1.24. The molecule has 1 N–H and O–H groups in total. The largest absolute Gasteiger partial charge is 0.614 e. The van der Waals surface area contributed by atoms with E-state index in [1.807, 2.05) is 0 Å². The lowest BCUT2D eigenvalue weighted by Gasteiger charge is -2.40. The summed E-state index contributed by atoms with van der Waals surface area (Å²) in [5.74, 6) is -1.22. The zero-order valence-electron chi connectivity index (χ0n) is 6.60. The highest BCUT2D eigenvalue weighted by molar-refractivity contribution is 7.92. The lowest BCUT2D eigenvalue weighted by atomic mass is 10.2. The predicted octanol–water partition coefficient (Wildman–Crippen LogP) is -0.724. The van der Waals surface area contributed by atoms with Gasteiger partial charge in [0.15, 0.2) is 0 Å². The van der Waals surface area contributed by atoms with Gasteiger partial charge in [0.1, 0.15) is 11.3 Å².